The van der Waals surface area contributed by atoms with Gasteiger partial charge in [-0.25, -0.2) is 8.42 Å². The lowest BCUT2D eigenvalue weighted by Gasteiger charge is -2.08. The van der Waals surface area contributed by atoms with Gasteiger partial charge in [0.2, 0.25) is 11.1 Å². The van der Waals surface area contributed by atoms with Gasteiger partial charge in [0.1, 0.15) is 5.75 Å². The van der Waals surface area contributed by atoms with E-state index in [9.17, 15) is 13.2 Å². The lowest BCUT2D eigenvalue weighted by Crippen LogP contribution is -2.21. The Labute approximate surface area is 163 Å². The molecule has 2 rings (SSSR count). The lowest BCUT2D eigenvalue weighted by molar-refractivity contribution is -0.0517. The van der Waals surface area contributed by atoms with Gasteiger partial charge < -0.3 is 14.0 Å². The molecule has 7 nitrogen and oxygen atoms in total. The van der Waals surface area contributed by atoms with Crippen LogP contribution in [0.15, 0.2) is 46.2 Å². The van der Waals surface area contributed by atoms with Crippen LogP contribution < -0.4 is 9.47 Å². The first-order chi connectivity index (χ1) is 12.9. The number of alkyl halides is 3. The average Bonchev–Trinajstić information content (AvgIpc) is 2.62. The number of halogens is 3. The van der Waals surface area contributed by atoms with E-state index in [1.165, 1.54) is 12.7 Å². The molecule has 0 N–H and O–H groups in total. The maximum Gasteiger partial charge on any atom is 0.485 e. The van der Waals surface area contributed by atoms with Crippen molar-refractivity contribution in [3.8, 4) is 11.5 Å². The predicted molar refractivity (Wildman–Crippen MR) is 95.3 cm³/mol. The topological polar surface area (TPSA) is 104 Å². The second-order valence-corrected chi connectivity index (χ2v) is 7.58. The molecule has 152 valence electrons. The molecule has 0 spiro atoms. The molecule has 0 radical (unpaired) electrons. The van der Waals surface area contributed by atoms with Crippen molar-refractivity contribution in [2.75, 3.05) is 14.2 Å². The molecule has 2 aromatic rings. The first-order valence-corrected chi connectivity index (χ1v) is 9.53. The van der Waals surface area contributed by atoms with Gasteiger partial charge in [0.25, 0.3) is 0 Å². The van der Waals surface area contributed by atoms with Crippen molar-refractivity contribution >= 4 is 27.6 Å². The molecule has 0 bridgehead atoms. The minimum atomic E-state index is -6.09. The van der Waals surface area contributed by atoms with Crippen LogP contribution in [0.3, 0.4) is 0 Å². The highest BCUT2D eigenvalue weighted by molar-refractivity contribution is 7.99. The minimum Gasteiger partial charge on any atom is -0.741 e. The third-order valence-electron chi connectivity index (χ3n) is 3.11. The Morgan fingerprint density at radius 2 is 1.57 bits per heavy atom. The molecule has 0 amide bonds. The van der Waals surface area contributed by atoms with E-state index in [-0.39, 0.29) is 0 Å². The molecule has 0 aliphatic rings. The Morgan fingerprint density at radius 3 is 1.96 bits per heavy atom. The van der Waals surface area contributed by atoms with Gasteiger partial charge in [-0.05, 0) is 19.1 Å². The van der Waals surface area contributed by atoms with Gasteiger partial charge in [-0.2, -0.15) is 13.2 Å². The number of hydrogen-bond acceptors (Lipinski definition) is 7. The number of benzene rings is 2. The van der Waals surface area contributed by atoms with Crippen LogP contribution in [0.5, 0.6) is 11.5 Å². The molecule has 0 aromatic heterocycles. The summed E-state index contributed by atoms with van der Waals surface area (Å²) in [6.45, 7) is 2.05. The number of methoxy groups -OCH3 is 2. The Morgan fingerprint density at radius 1 is 1.07 bits per heavy atom. The molecule has 0 heterocycles. The van der Waals surface area contributed by atoms with Gasteiger partial charge >= 0.3 is 11.2 Å². The molecule has 0 aliphatic carbocycles. The highest BCUT2D eigenvalue weighted by atomic mass is 32.2. The van der Waals surface area contributed by atoms with Crippen LogP contribution in [0.2, 0.25) is 0 Å². The largest absolute Gasteiger partial charge is 0.741 e. The highest BCUT2D eigenvalue weighted by Gasteiger charge is 2.36. The third kappa shape index (κ3) is 6.59. The van der Waals surface area contributed by atoms with E-state index in [2.05, 4.69) is 36.2 Å². The van der Waals surface area contributed by atoms with Crippen LogP contribution in [-0.4, -0.2) is 32.7 Å². The standard InChI is InChI=1S/C15H15N2O2S.CHF3O3S/c1-10-4-6-11(7-5-10)20-15-9-13(18-2)12(17-16)8-14(15)19-3;2-1(3,4)8(5,6)7/h4-9H,1-3H3;(H,5,6,7)/q+1;/p-1. The van der Waals surface area contributed by atoms with E-state index in [0.29, 0.717) is 17.2 Å². The number of ether oxygens (including phenoxy) is 2. The summed E-state index contributed by atoms with van der Waals surface area (Å²) in [6, 6.07) is 11.7. The zero-order valence-corrected chi connectivity index (χ0v) is 16.5. The van der Waals surface area contributed by atoms with E-state index in [1.807, 2.05) is 0 Å². The summed E-state index contributed by atoms with van der Waals surface area (Å²) in [7, 11) is -2.97. The van der Waals surface area contributed by atoms with Gasteiger partial charge in [-0.3, -0.25) is 0 Å². The SMILES string of the molecule is COc1cc(Sc2ccc(C)cc2)c(OC)cc1[N+]#N.O=S(=O)([O-])C(F)(F)F. The van der Waals surface area contributed by atoms with Gasteiger partial charge in [0, 0.05) is 11.0 Å². The second-order valence-electron chi connectivity index (χ2n) is 5.09. The van der Waals surface area contributed by atoms with Crippen molar-refractivity contribution in [2.45, 2.75) is 22.2 Å². The first kappa shape index (κ1) is 23.5. The van der Waals surface area contributed by atoms with Crippen LogP contribution in [0, 0.1) is 12.3 Å². The molecule has 0 saturated carbocycles. The lowest BCUT2D eigenvalue weighted by atomic mass is 10.2. The molecule has 12 heteroatoms. The minimum absolute atomic E-state index is 0.345. The van der Waals surface area contributed by atoms with E-state index in [1.54, 1.807) is 31.0 Å². The molecule has 0 saturated heterocycles. The van der Waals surface area contributed by atoms with Crippen LogP contribution >= 0.6 is 11.8 Å². The monoisotopic (exact) mass is 436 g/mol. The zero-order chi connectivity index (χ0) is 21.5. The molecule has 0 unspecified atom stereocenters. The molecule has 0 aliphatic heterocycles. The Balaban J connectivity index is 0.000000416. The van der Waals surface area contributed by atoms with E-state index >= 15 is 0 Å². The van der Waals surface area contributed by atoms with Crippen LogP contribution in [0.4, 0.5) is 18.9 Å². The normalized spacial score (nSPS) is 11.1. The maximum absolute atomic E-state index is 10.7. The number of nitrogens with zero attached hydrogens (tertiary/aromatic N) is 2. The van der Waals surface area contributed by atoms with Crippen molar-refractivity contribution in [3.05, 3.63) is 46.9 Å². The summed E-state index contributed by atoms with van der Waals surface area (Å²) in [5.41, 5.74) is -4.08. The number of aryl methyl sites for hydroxylation is 1. The quantitative estimate of drug-likeness (QED) is 0.389. The average molecular weight is 436 g/mol. The summed E-state index contributed by atoms with van der Waals surface area (Å²) >= 11 is 1.57. The van der Waals surface area contributed by atoms with Gasteiger partial charge in [-0.15, -0.1) is 0 Å². The van der Waals surface area contributed by atoms with Crippen molar-refractivity contribution in [2.24, 2.45) is 0 Å². The van der Waals surface area contributed by atoms with Crippen LogP contribution in [0.1, 0.15) is 5.56 Å². The molecular weight excluding hydrogens is 421 g/mol. The summed E-state index contributed by atoms with van der Waals surface area (Å²) in [6.07, 6.45) is 0. The number of hydrogen-bond donors (Lipinski definition) is 0. The van der Waals surface area contributed by atoms with E-state index in [4.69, 9.17) is 27.8 Å². The molecular formula is C16H15F3N2O5S2. The fourth-order valence-electron chi connectivity index (χ4n) is 1.74. The second kappa shape index (κ2) is 9.63. The zero-order valence-electron chi connectivity index (χ0n) is 14.9. The van der Waals surface area contributed by atoms with Crippen molar-refractivity contribution < 1.29 is 35.6 Å². The summed E-state index contributed by atoms with van der Waals surface area (Å²) < 4.78 is 69.4. The van der Waals surface area contributed by atoms with Gasteiger partial charge in [0.05, 0.1) is 25.2 Å². The van der Waals surface area contributed by atoms with Gasteiger partial charge in [-0.1, -0.05) is 29.5 Å². The third-order valence-corrected chi connectivity index (χ3v) is 4.72. The van der Waals surface area contributed by atoms with Crippen molar-refractivity contribution in [1.82, 2.24) is 0 Å². The predicted octanol–water partition coefficient (Wildman–Crippen LogP) is 4.70. The van der Waals surface area contributed by atoms with Crippen LogP contribution in [-0.2, 0) is 10.1 Å². The molecule has 0 fully saturated rings. The Hall–Kier alpha value is -2.49. The fourth-order valence-corrected chi connectivity index (χ4v) is 2.68. The van der Waals surface area contributed by atoms with E-state index in [0.717, 1.165) is 9.79 Å². The number of rotatable bonds is 4. The van der Waals surface area contributed by atoms with E-state index < -0.39 is 15.6 Å². The Bertz CT molecular complexity index is 956. The summed E-state index contributed by atoms with van der Waals surface area (Å²) in [5.74, 6) is 1.15. The van der Waals surface area contributed by atoms with Crippen molar-refractivity contribution in [1.29, 1.82) is 5.39 Å². The van der Waals surface area contributed by atoms with Crippen LogP contribution in [0.25, 0.3) is 4.98 Å². The summed E-state index contributed by atoms with van der Waals surface area (Å²) in [5, 5.41) is 8.96. The smallest absolute Gasteiger partial charge is 0.485 e. The highest BCUT2D eigenvalue weighted by Crippen LogP contribution is 2.42. The maximum atomic E-state index is 10.7. The van der Waals surface area contributed by atoms with Gasteiger partial charge in [0.15, 0.2) is 15.1 Å². The fraction of sp³-hybridized carbons (Fsp3) is 0.250. The van der Waals surface area contributed by atoms with Crippen molar-refractivity contribution in [3.63, 3.8) is 0 Å². The Kier molecular flexibility index (Phi) is 8.10. The summed E-state index contributed by atoms with van der Waals surface area (Å²) in [4.78, 5) is 5.20. The first-order valence-electron chi connectivity index (χ1n) is 7.30. The molecule has 0 atom stereocenters. The molecule has 28 heavy (non-hydrogen) atoms. The molecule has 2 aromatic carbocycles. The number of diazo groups is 1.